The van der Waals surface area contributed by atoms with Crippen LogP contribution >= 0.6 is 0 Å². The Hall–Kier alpha value is -3.16. The molecule has 8 heteroatoms. The van der Waals surface area contributed by atoms with Gasteiger partial charge >= 0.3 is 6.18 Å². The average molecular weight is 364 g/mol. The van der Waals surface area contributed by atoms with E-state index in [-0.39, 0.29) is 22.9 Å². The largest absolute Gasteiger partial charge is 0.496 e. The first-order valence-corrected chi connectivity index (χ1v) is 7.39. The second-order valence-electron chi connectivity index (χ2n) is 5.15. The van der Waals surface area contributed by atoms with Gasteiger partial charge in [-0.25, -0.2) is 14.4 Å². The third-order valence-corrected chi connectivity index (χ3v) is 3.48. The second-order valence-corrected chi connectivity index (χ2v) is 5.15. The molecule has 2 heterocycles. The number of alkyl halides is 3. The molecule has 0 fully saturated rings. The Morgan fingerprint density at radius 1 is 0.962 bits per heavy atom. The molecule has 1 aromatic carbocycles. The highest BCUT2D eigenvalue weighted by molar-refractivity contribution is 5.75. The van der Waals surface area contributed by atoms with Gasteiger partial charge in [-0.1, -0.05) is 6.07 Å². The number of rotatable bonds is 4. The van der Waals surface area contributed by atoms with Crippen LogP contribution in [-0.2, 0) is 6.18 Å². The summed E-state index contributed by atoms with van der Waals surface area (Å²) in [6, 6.07) is 9.39. The fourth-order valence-corrected chi connectivity index (χ4v) is 2.32. The maximum Gasteiger partial charge on any atom is 0.433 e. The molecule has 0 spiro atoms. The summed E-state index contributed by atoms with van der Waals surface area (Å²) in [6.45, 7) is 0. The highest BCUT2D eigenvalue weighted by atomic mass is 19.4. The molecule has 0 radical (unpaired) electrons. The Morgan fingerprint density at radius 2 is 1.77 bits per heavy atom. The van der Waals surface area contributed by atoms with E-state index in [1.165, 1.54) is 25.4 Å². The predicted octanol–water partition coefficient (Wildman–Crippen LogP) is 5.10. The predicted molar refractivity (Wildman–Crippen MR) is 85.5 cm³/mol. The van der Waals surface area contributed by atoms with Crippen molar-refractivity contribution < 1.29 is 27.0 Å². The highest BCUT2D eigenvalue weighted by Gasteiger charge is 2.32. The van der Waals surface area contributed by atoms with Gasteiger partial charge in [-0.3, -0.25) is 0 Å². The fraction of sp³-hybridized carbons (Fsp3) is 0.111. The molecule has 0 unspecified atom stereocenters. The highest BCUT2D eigenvalue weighted by Crippen LogP contribution is 2.38. The SMILES string of the molecule is COc1cccc(F)c1-c1cccnc1Oc1ccc(C(F)(F)F)nc1. The van der Waals surface area contributed by atoms with Crippen LogP contribution in [0.5, 0.6) is 17.4 Å². The van der Waals surface area contributed by atoms with Crippen LogP contribution in [0.4, 0.5) is 17.6 Å². The monoisotopic (exact) mass is 364 g/mol. The Morgan fingerprint density at radius 3 is 2.42 bits per heavy atom. The van der Waals surface area contributed by atoms with Gasteiger partial charge in [-0.15, -0.1) is 0 Å². The van der Waals surface area contributed by atoms with Crippen molar-refractivity contribution in [3.05, 3.63) is 66.4 Å². The van der Waals surface area contributed by atoms with Crippen molar-refractivity contribution in [1.82, 2.24) is 9.97 Å². The number of hydrogen-bond donors (Lipinski definition) is 0. The smallest absolute Gasteiger partial charge is 0.433 e. The van der Waals surface area contributed by atoms with Crippen LogP contribution in [0, 0.1) is 5.82 Å². The van der Waals surface area contributed by atoms with Crippen molar-refractivity contribution in [2.24, 2.45) is 0 Å². The molecule has 0 amide bonds. The second kappa shape index (κ2) is 6.99. The molecule has 0 N–H and O–H groups in total. The van der Waals surface area contributed by atoms with Crippen molar-refractivity contribution in [2.75, 3.05) is 7.11 Å². The van der Waals surface area contributed by atoms with E-state index in [0.717, 1.165) is 18.3 Å². The molecule has 0 saturated heterocycles. The lowest BCUT2D eigenvalue weighted by molar-refractivity contribution is -0.141. The average Bonchev–Trinajstić information content (AvgIpc) is 2.62. The first-order valence-electron chi connectivity index (χ1n) is 7.39. The molecule has 0 bridgehead atoms. The molecule has 0 aliphatic heterocycles. The van der Waals surface area contributed by atoms with Crippen molar-refractivity contribution in [1.29, 1.82) is 0 Å². The van der Waals surface area contributed by atoms with E-state index in [0.29, 0.717) is 5.56 Å². The minimum Gasteiger partial charge on any atom is -0.496 e. The Kier molecular flexibility index (Phi) is 4.75. The van der Waals surface area contributed by atoms with Crippen molar-refractivity contribution >= 4 is 0 Å². The first-order chi connectivity index (χ1) is 12.4. The Labute approximate surface area is 146 Å². The molecular formula is C18H12F4N2O2. The summed E-state index contributed by atoms with van der Waals surface area (Å²) in [6.07, 6.45) is -2.20. The molecular weight excluding hydrogens is 352 g/mol. The zero-order valence-corrected chi connectivity index (χ0v) is 13.4. The standard InChI is InChI=1S/C18H12F4N2O2/c1-25-14-6-2-5-13(19)16(14)12-4-3-9-23-17(12)26-11-7-8-15(24-10-11)18(20,21)22/h2-10H,1H3. The topological polar surface area (TPSA) is 44.2 Å². The lowest BCUT2D eigenvalue weighted by Crippen LogP contribution is -2.07. The summed E-state index contributed by atoms with van der Waals surface area (Å²) >= 11 is 0. The van der Waals surface area contributed by atoms with Gasteiger partial charge in [0.1, 0.15) is 23.0 Å². The van der Waals surface area contributed by atoms with Crippen LogP contribution in [0.3, 0.4) is 0 Å². The van der Waals surface area contributed by atoms with Gasteiger partial charge in [0.15, 0.2) is 0 Å². The minimum atomic E-state index is -4.55. The number of ether oxygens (including phenoxy) is 2. The number of pyridine rings is 2. The lowest BCUT2D eigenvalue weighted by atomic mass is 10.1. The van der Waals surface area contributed by atoms with Gasteiger partial charge < -0.3 is 9.47 Å². The molecule has 0 aliphatic rings. The number of halogens is 4. The molecule has 0 atom stereocenters. The van der Waals surface area contributed by atoms with E-state index in [1.807, 2.05) is 0 Å². The zero-order valence-electron chi connectivity index (χ0n) is 13.4. The first kappa shape index (κ1) is 17.7. The van der Waals surface area contributed by atoms with Crippen molar-refractivity contribution in [2.45, 2.75) is 6.18 Å². The van der Waals surface area contributed by atoms with E-state index < -0.39 is 17.7 Å². The van der Waals surface area contributed by atoms with Gasteiger partial charge in [-0.05, 0) is 36.4 Å². The Balaban J connectivity index is 1.99. The van der Waals surface area contributed by atoms with E-state index in [4.69, 9.17) is 9.47 Å². The molecule has 0 saturated carbocycles. The quantitative estimate of drug-likeness (QED) is 0.604. The van der Waals surface area contributed by atoms with Gasteiger partial charge in [-0.2, -0.15) is 13.2 Å². The maximum atomic E-state index is 14.3. The summed E-state index contributed by atoms with van der Waals surface area (Å²) < 4.78 is 62.8. The molecule has 3 rings (SSSR count). The third kappa shape index (κ3) is 3.58. The van der Waals surface area contributed by atoms with E-state index in [9.17, 15) is 17.6 Å². The normalized spacial score (nSPS) is 11.3. The van der Waals surface area contributed by atoms with Crippen LogP contribution in [0.2, 0.25) is 0 Å². The molecule has 4 nitrogen and oxygen atoms in total. The number of hydrogen-bond acceptors (Lipinski definition) is 4. The molecule has 134 valence electrons. The number of methoxy groups -OCH3 is 1. The summed E-state index contributed by atoms with van der Waals surface area (Å²) in [5, 5.41) is 0. The summed E-state index contributed by atoms with van der Waals surface area (Å²) in [7, 11) is 1.40. The number of aromatic nitrogens is 2. The van der Waals surface area contributed by atoms with E-state index in [1.54, 1.807) is 18.2 Å². The third-order valence-electron chi connectivity index (χ3n) is 3.48. The summed E-state index contributed by atoms with van der Waals surface area (Å²) in [5.74, 6) is -0.230. The van der Waals surface area contributed by atoms with E-state index >= 15 is 0 Å². The molecule has 26 heavy (non-hydrogen) atoms. The van der Waals surface area contributed by atoms with Crippen LogP contribution in [-0.4, -0.2) is 17.1 Å². The lowest BCUT2D eigenvalue weighted by Gasteiger charge is -2.13. The molecule has 2 aromatic heterocycles. The summed E-state index contributed by atoms with van der Waals surface area (Å²) in [4.78, 5) is 7.37. The van der Waals surface area contributed by atoms with Crippen LogP contribution in [0.15, 0.2) is 54.9 Å². The molecule has 0 aliphatic carbocycles. The van der Waals surface area contributed by atoms with Gasteiger partial charge in [0.05, 0.1) is 24.4 Å². The number of nitrogens with zero attached hydrogens (tertiary/aromatic N) is 2. The van der Waals surface area contributed by atoms with Gasteiger partial charge in [0.2, 0.25) is 5.88 Å². The van der Waals surface area contributed by atoms with Crippen molar-refractivity contribution in [3.63, 3.8) is 0 Å². The maximum absolute atomic E-state index is 14.3. The molecule has 3 aromatic rings. The van der Waals surface area contributed by atoms with Gasteiger partial charge in [0, 0.05) is 6.20 Å². The van der Waals surface area contributed by atoms with Crippen LogP contribution < -0.4 is 9.47 Å². The fourth-order valence-electron chi connectivity index (χ4n) is 2.32. The summed E-state index contributed by atoms with van der Waals surface area (Å²) in [5.41, 5.74) is -0.609. The van der Waals surface area contributed by atoms with Crippen LogP contribution in [0.25, 0.3) is 11.1 Å². The van der Waals surface area contributed by atoms with E-state index in [2.05, 4.69) is 9.97 Å². The minimum absolute atomic E-state index is 0.0115. The van der Waals surface area contributed by atoms with Gasteiger partial charge in [0.25, 0.3) is 0 Å². The Bertz CT molecular complexity index is 912. The number of benzene rings is 1. The zero-order chi connectivity index (χ0) is 18.7. The van der Waals surface area contributed by atoms with Crippen molar-refractivity contribution in [3.8, 4) is 28.5 Å². The van der Waals surface area contributed by atoms with Crippen LogP contribution in [0.1, 0.15) is 5.69 Å².